The summed E-state index contributed by atoms with van der Waals surface area (Å²) in [4.78, 5) is 7.27. The Hall–Kier alpha value is -2.41. The molecular weight excluding hydrogens is 398 g/mol. The number of nitrogens with two attached hydrogens (primary N) is 1. The quantitative estimate of drug-likeness (QED) is 0.676. The van der Waals surface area contributed by atoms with Gasteiger partial charge in [-0.15, -0.1) is 0 Å². The number of rotatable bonds is 4. The highest BCUT2D eigenvalue weighted by Crippen LogP contribution is 2.52. The maximum absolute atomic E-state index is 6.56. The smallest absolute Gasteiger partial charge is 0.160 e. The molecule has 0 atom stereocenters. The lowest BCUT2D eigenvalue weighted by atomic mass is 9.57. The summed E-state index contributed by atoms with van der Waals surface area (Å²) in [7, 11) is 0. The van der Waals surface area contributed by atoms with Crippen molar-refractivity contribution in [3.63, 3.8) is 0 Å². The van der Waals surface area contributed by atoms with Gasteiger partial charge >= 0.3 is 0 Å². The van der Waals surface area contributed by atoms with Crippen molar-refractivity contribution in [2.24, 2.45) is 11.1 Å². The first-order chi connectivity index (χ1) is 15.4. The Balaban J connectivity index is 1.30. The molecule has 7 heteroatoms. The summed E-state index contributed by atoms with van der Waals surface area (Å²) >= 11 is 0. The Morgan fingerprint density at radius 1 is 1.06 bits per heavy atom. The minimum absolute atomic E-state index is 0.126. The highest BCUT2D eigenvalue weighted by Gasteiger charge is 2.47. The Bertz CT molecular complexity index is 1160. The molecule has 4 aliphatic rings. The van der Waals surface area contributed by atoms with Crippen molar-refractivity contribution in [1.29, 1.82) is 0 Å². The van der Waals surface area contributed by atoms with Gasteiger partial charge in [-0.25, -0.2) is 9.67 Å². The maximum Gasteiger partial charge on any atom is 0.160 e. The average molecular weight is 434 g/mol. The van der Waals surface area contributed by atoms with E-state index in [1.54, 1.807) is 0 Å². The van der Waals surface area contributed by atoms with Gasteiger partial charge in [0, 0.05) is 55.1 Å². The number of hydrogen-bond acceptors (Lipinski definition) is 5. The SMILES string of the molecule is CCn1ncc2c(N3CCc4c(c(C)nn4CC45CCC(N)(CC4)CC5)C3)cc(C)nc21. The summed E-state index contributed by atoms with van der Waals surface area (Å²) in [5.41, 5.74) is 14.4. The minimum Gasteiger partial charge on any atom is -0.366 e. The van der Waals surface area contributed by atoms with E-state index in [0.29, 0.717) is 5.41 Å². The first-order valence-electron chi connectivity index (χ1n) is 12.3. The third-order valence-corrected chi connectivity index (χ3v) is 8.64. The van der Waals surface area contributed by atoms with E-state index in [1.165, 1.54) is 61.2 Å². The highest BCUT2D eigenvalue weighted by molar-refractivity contribution is 5.89. The molecule has 3 aliphatic carbocycles. The van der Waals surface area contributed by atoms with Crippen LogP contribution in [0.1, 0.15) is 68.1 Å². The van der Waals surface area contributed by atoms with Gasteiger partial charge in [0.2, 0.25) is 0 Å². The molecule has 0 aromatic carbocycles. The van der Waals surface area contributed by atoms with Gasteiger partial charge in [0.1, 0.15) is 0 Å². The Kier molecular flexibility index (Phi) is 4.45. The second kappa shape index (κ2) is 7.04. The molecule has 3 aromatic heterocycles. The molecule has 3 aromatic rings. The topological polar surface area (TPSA) is 77.8 Å². The van der Waals surface area contributed by atoms with E-state index >= 15 is 0 Å². The number of hydrogen-bond donors (Lipinski definition) is 1. The standard InChI is InChI=1S/C25H35N7/c1-4-31-23-19(14-27-31)22(13-17(2)28-23)30-12-5-21-20(15-30)18(3)29-32(21)16-24-6-9-25(26,10-7-24)11-8-24/h13-14H,4-12,15-16,26H2,1-3H3. The summed E-state index contributed by atoms with van der Waals surface area (Å²) in [6, 6.07) is 2.22. The molecule has 2 bridgehead atoms. The molecule has 32 heavy (non-hydrogen) atoms. The second-order valence-corrected chi connectivity index (χ2v) is 10.7. The van der Waals surface area contributed by atoms with Crippen molar-refractivity contribution in [3.05, 3.63) is 34.9 Å². The van der Waals surface area contributed by atoms with E-state index in [1.807, 2.05) is 10.9 Å². The monoisotopic (exact) mass is 433 g/mol. The zero-order chi connectivity index (χ0) is 22.1. The molecule has 0 radical (unpaired) electrons. The average Bonchev–Trinajstić information content (AvgIpc) is 3.34. The first-order valence-corrected chi connectivity index (χ1v) is 12.3. The Labute approximate surface area is 190 Å². The molecule has 0 spiro atoms. The van der Waals surface area contributed by atoms with E-state index in [-0.39, 0.29) is 5.54 Å². The van der Waals surface area contributed by atoms with Crippen LogP contribution < -0.4 is 10.6 Å². The number of aromatic nitrogens is 5. The van der Waals surface area contributed by atoms with Gasteiger partial charge in [0.25, 0.3) is 0 Å². The zero-order valence-corrected chi connectivity index (χ0v) is 19.7. The number of pyridine rings is 1. The van der Waals surface area contributed by atoms with Gasteiger partial charge in [0.15, 0.2) is 5.65 Å². The van der Waals surface area contributed by atoms with Crippen LogP contribution in [0.15, 0.2) is 12.3 Å². The van der Waals surface area contributed by atoms with Gasteiger partial charge in [-0.1, -0.05) is 0 Å². The largest absolute Gasteiger partial charge is 0.366 e. The molecule has 3 fully saturated rings. The van der Waals surface area contributed by atoms with Crippen molar-refractivity contribution >= 4 is 16.7 Å². The van der Waals surface area contributed by atoms with E-state index in [2.05, 4.69) is 41.5 Å². The number of anilines is 1. The Morgan fingerprint density at radius 3 is 2.53 bits per heavy atom. The van der Waals surface area contributed by atoms with Crippen molar-refractivity contribution in [1.82, 2.24) is 24.5 Å². The maximum atomic E-state index is 6.56. The predicted molar refractivity (Wildman–Crippen MR) is 127 cm³/mol. The molecule has 0 unspecified atom stereocenters. The van der Waals surface area contributed by atoms with Crippen LogP contribution in [-0.4, -0.2) is 36.6 Å². The molecule has 7 nitrogen and oxygen atoms in total. The summed E-state index contributed by atoms with van der Waals surface area (Å²) in [6.45, 7) is 10.2. The molecule has 7 rings (SSSR count). The van der Waals surface area contributed by atoms with Crippen LogP contribution >= 0.6 is 0 Å². The predicted octanol–water partition coefficient (Wildman–Crippen LogP) is 3.88. The van der Waals surface area contributed by atoms with E-state index in [4.69, 9.17) is 15.8 Å². The van der Waals surface area contributed by atoms with E-state index in [0.717, 1.165) is 49.3 Å². The van der Waals surface area contributed by atoms with Crippen LogP contribution in [0.3, 0.4) is 0 Å². The molecule has 170 valence electrons. The molecule has 0 saturated heterocycles. The van der Waals surface area contributed by atoms with Gasteiger partial charge < -0.3 is 10.6 Å². The first kappa shape index (κ1) is 20.2. The van der Waals surface area contributed by atoms with E-state index in [9.17, 15) is 0 Å². The van der Waals surface area contributed by atoms with Crippen LogP contribution in [-0.2, 0) is 26.1 Å². The third kappa shape index (κ3) is 3.08. The molecule has 2 N–H and O–H groups in total. The third-order valence-electron chi connectivity index (χ3n) is 8.64. The summed E-state index contributed by atoms with van der Waals surface area (Å²) in [5.74, 6) is 0. The van der Waals surface area contributed by atoms with Crippen molar-refractivity contribution in [2.45, 2.75) is 90.9 Å². The number of nitrogens with zero attached hydrogens (tertiary/aromatic N) is 6. The van der Waals surface area contributed by atoms with E-state index < -0.39 is 0 Å². The van der Waals surface area contributed by atoms with Crippen LogP contribution in [0.25, 0.3) is 11.0 Å². The molecular formula is C25H35N7. The summed E-state index contributed by atoms with van der Waals surface area (Å²) in [6.07, 6.45) is 10.4. The fraction of sp³-hybridized carbons (Fsp3) is 0.640. The van der Waals surface area contributed by atoms with Crippen molar-refractivity contribution in [3.8, 4) is 0 Å². The lowest BCUT2D eigenvalue weighted by molar-refractivity contribution is 0.0263. The van der Waals surface area contributed by atoms with Gasteiger partial charge in [-0.05, 0) is 70.8 Å². The van der Waals surface area contributed by atoms with Crippen molar-refractivity contribution in [2.75, 3.05) is 11.4 Å². The van der Waals surface area contributed by atoms with Crippen LogP contribution in [0.5, 0.6) is 0 Å². The molecule has 0 amide bonds. The molecule has 1 aliphatic heterocycles. The molecule has 4 heterocycles. The highest BCUT2D eigenvalue weighted by atomic mass is 15.3. The van der Waals surface area contributed by atoms with Crippen LogP contribution in [0.4, 0.5) is 5.69 Å². The lowest BCUT2D eigenvalue weighted by Crippen LogP contribution is -2.53. The van der Waals surface area contributed by atoms with Gasteiger partial charge in [-0.2, -0.15) is 10.2 Å². The van der Waals surface area contributed by atoms with Gasteiger partial charge in [0.05, 0.1) is 23.0 Å². The van der Waals surface area contributed by atoms with Crippen LogP contribution in [0.2, 0.25) is 0 Å². The minimum atomic E-state index is 0.126. The second-order valence-electron chi connectivity index (χ2n) is 10.7. The fourth-order valence-corrected chi connectivity index (χ4v) is 6.49. The lowest BCUT2D eigenvalue weighted by Gasteiger charge is -2.52. The Morgan fingerprint density at radius 2 is 1.81 bits per heavy atom. The van der Waals surface area contributed by atoms with Crippen molar-refractivity contribution < 1.29 is 0 Å². The fourth-order valence-electron chi connectivity index (χ4n) is 6.49. The zero-order valence-electron chi connectivity index (χ0n) is 19.7. The summed E-state index contributed by atoms with van der Waals surface area (Å²) in [5, 5.41) is 10.8. The van der Waals surface area contributed by atoms with Crippen LogP contribution in [0, 0.1) is 19.3 Å². The summed E-state index contributed by atoms with van der Waals surface area (Å²) < 4.78 is 4.37. The van der Waals surface area contributed by atoms with Gasteiger partial charge in [-0.3, -0.25) is 4.68 Å². The number of fused-ring (bicyclic) bond motifs is 5. The normalized spacial score (nSPS) is 27.3. The number of aryl methyl sites for hydroxylation is 3. The molecule has 3 saturated carbocycles.